The van der Waals surface area contributed by atoms with Crippen molar-refractivity contribution in [2.24, 2.45) is 15.4 Å². The zero-order valence-electron chi connectivity index (χ0n) is 18.7. The number of azo groups is 1. The third kappa shape index (κ3) is 6.02. The molecule has 0 aliphatic carbocycles. The SMILES string of the molecule is NS(=O)(=O)c1ccc([O-])c(N=Nc2c(Nc3ccccc3)ccc3c(O)cc(S(=O)(=O)O)cc23)c1.[Na+]. The largest absolute Gasteiger partial charge is 1.00 e. The van der Waals surface area contributed by atoms with E-state index in [0.717, 1.165) is 30.3 Å². The van der Waals surface area contributed by atoms with Crippen molar-refractivity contribution in [3.63, 3.8) is 0 Å². The van der Waals surface area contributed by atoms with Gasteiger partial charge in [-0.25, -0.2) is 13.6 Å². The molecule has 0 aliphatic heterocycles. The fourth-order valence-electron chi connectivity index (χ4n) is 3.26. The molecule has 0 saturated carbocycles. The topological polar surface area (TPSA) is 195 Å². The van der Waals surface area contributed by atoms with Gasteiger partial charge < -0.3 is 15.5 Å². The van der Waals surface area contributed by atoms with Gasteiger partial charge in [0.1, 0.15) is 11.4 Å². The molecule has 0 fully saturated rings. The van der Waals surface area contributed by atoms with Crippen LogP contribution in [-0.4, -0.2) is 26.5 Å². The number of nitrogens with two attached hydrogens (primary N) is 1. The van der Waals surface area contributed by atoms with E-state index < -0.39 is 36.5 Å². The van der Waals surface area contributed by atoms with E-state index in [1.54, 1.807) is 36.4 Å². The van der Waals surface area contributed by atoms with Crippen LogP contribution in [0.2, 0.25) is 0 Å². The van der Waals surface area contributed by atoms with Crippen LogP contribution < -0.4 is 45.1 Å². The standard InChI is InChI=1S/C22H18N4O7S2.Na/c23-34(29,30)14-6-9-20(27)19(11-14)25-26-22-17-10-15(35(31,32)33)12-21(28)16(17)7-8-18(22)24-13-4-2-1-3-5-13;/h1-12,24,27-28H,(H2,23,29,30)(H,31,32,33);/q;+1/p-1. The molecule has 4 rings (SSSR count). The number of sulfonamides is 1. The third-order valence-corrected chi connectivity index (χ3v) is 6.67. The molecule has 14 heteroatoms. The van der Waals surface area contributed by atoms with Crippen molar-refractivity contribution in [2.75, 3.05) is 5.32 Å². The van der Waals surface area contributed by atoms with E-state index in [0.29, 0.717) is 11.4 Å². The third-order valence-electron chi connectivity index (χ3n) is 4.93. The van der Waals surface area contributed by atoms with Gasteiger partial charge >= 0.3 is 29.6 Å². The molecule has 4 aromatic carbocycles. The van der Waals surface area contributed by atoms with Gasteiger partial charge in [-0.3, -0.25) is 4.55 Å². The summed E-state index contributed by atoms with van der Waals surface area (Å²) >= 11 is 0. The number of fused-ring (bicyclic) bond motifs is 1. The summed E-state index contributed by atoms with van der Waals surface area (Å²) in [6.07, 6.45) is 0. The molecule has 36 heavy (non-hydrogen) atoms. The Hall–Kier alpha value is -3.04. The van der Waals surface area contributed by atoms with Crippen LogP contribution in [0.3, 0.4) is 0 Å². The first kappa shape index (κ1) is 27.5. The van der Waals surface area contributed by atoms with Crippen molar-refractivity contribution in [1.29, 1.82) is 0 Å². The molecule has 0 saturated heterocycles. The van der Waals surface area contributed by atoms with Crippen molar-refractivity contribution < 1.29 is 61.2 Å². The van der Waals surface area contributed by atoms with E-state index in [1.165, 1.54) is 6.07 Å². The molecule has 0 atom stereocenters. The minimum absolute atomic E-state index is 0. The van der Waals surface area contributed by atoms with Gasteiger partial charge in [0.2, 0.25) is 10.0 Å². The summed E-state index contributed by atoms with van der Waals surface area (Å²) in [5.41, 5.74) is 0.621. The van der Waals surface area contributed by atoms with Crippen LogP contribution in [0.1, 0.15) is 0 Å². The monoisotopic (exact) mass is 536 g/mol. The van der Waals surface area contributed by atoms with E-state index in [9.17, 15) is 31.6 Å². The van der Waals surface area contributed by atoms with E-state index in [-0.39, 0.29) is 56.6 Å². The molecule has 0 radical (unpaired) electrons. The molecule has 0 spiro atoms. The minimum atomic E-state index is -4.68. The van der Waals surface area contributed by atoms with Gasteiger partial charge in [-0.2, -0.15) is 13.5 Å². The van der Waals surface area contributed by atoms with E-state index in [1.807, 2.05) is 0 Å². The Bertz CT molecular complexity index is 1700. The molecule has 0 aromatic heterocycles. The van der Waals surface area contributed by atoms with Gasteiger partial charge in [-0.1, -0.05) is 30.0 Å². The van der Waals surface area contributed by atoms with Gasteiger partial charge in [0.05, 0.1) is 21.2 Å². The molecule has 0 unspecified atom stereocenters. The smallest absolute Gasteiger partial charge is 0.871 e. The first-order valence-electron chi connectivity index (χ1n) is 9.78. The van der Waals surface area contributed by atoms with E-state index in [4.69, 9.17) is 5.14 Å². The number of rotatable bonds is 6. The quantitative estimate of drug-likeness (QED) is 0.157. The maximum atomic E-state index is 12.2. The second-order valence-corrected chi connectivity index (χ2v) is 10.3. The maximum absolute atomic E-state index is 12.2. The van der Waals surface area contributed by atoms with Crippen molar-refractivity contribution in [2.45, 2.75) is 9.79 Å². The molecular weight excluding hydrogens is 519 g/mol. The number of para-hydroxylation sites is 1. The van der Waals surface area contributed by atoms with Crippen LogP contribution in [0, 0.1) is 0 Å². The maximum Gasteiger partial charge on any atom is 1.00 e. The summed E-state index contributed by atoms with van der Waals surface area (Å²) in [6, 6.07) is 16.8. The summed E-state index contributed by atoms with van der Waals surface area (Å²) in [4.78, 5) is -0.936. The molecular formula is C22H17N4NaO7S2. The Morgan fingerprint density at radius 2 is 1.53 bits per heavy atom. The van der Waals surface area contributed by atoms with Gasteiger partial charge in [0.15, 0.2) is 0 Å². The van der Waals surface area contributed by atoms with Crippen LogP contribution in [0.4, 0.5) is 22.7 Å². The van der Waals surface area contributed by atoms with Crippen molar-refractivity contribution in [1.82, 2.24) is 0 Å². The number of nitrogens with one attached hydrogen (secondary N) is 1. The molecule has 0 bridgehead atoms. The van der Waals surface area contributed by atoms with E-state index >= 15 is 0 Å². The summed E-state index contributed by atoms with van der Waals surface area (Å²) in [5.74, 6) is -1.08. The summed E-state index contributed by atoms with van der Waals surface area (Å²) in [7, 11) is -8.80. The average Bonchev–Trinajstić information content (AvgIpc) is 2.78. The molecule has 0 amide bonds. The second kappa shape index (κ2) is 10.5. The molecule has 5 N–H and O–H groups in total. The zero-order chi connectivity index (χ0) is 25.4. The number of hydrogen-bond donors (Lipinski definition) is 4. The van der Waals surface area contributed by atoms with Gasteiger partial charge in [0, 0.05) is 22.5 Å². The second-order valence-electron chi connectivity index (χ2n) is 7.34. The molecule has 0 heterocycles. The van der Waals surface area contributed by atoms with Crippen molar-refractivity contribution >= 4 is 53.7 Å². The van der Waals surface area contributed by atoms with E-state index in [2.05, 4.69) is 15.5 Å². The Morgan fingerprint density at radius 1 is 0.833 bits per heavy atom. The van der Waals surface area contributed by atoms with Crippen LogP contribution in [-0.2, 0) is 20.1 Å². The number of anilines is 2. The predicted molar refractivity (Wildman–Crippen MR) is 127 cm³/mol. The van der Waals surface area contributed by atoms with Crippen molar-refractivity contribution in [3.8, 4) is 11.5 Å². The fraction of sp³-hybridized carbons (Fsp3) is 0. The van der Waals surface area contributed by atoms with Gasteiger partial charge in [-0.15, -0.1) is 5.11 Å². The van der Waals surface area contributed by atoms with Gasteiger partial charge in [-0.05, 0) is 42.5 Å². The zero-order valence-corrected chi connectivity index (χ0v) is 22.3. The van der Waals surface area contributed by atoms with Crippen LogP contribution in [0.5, 0.6) is 11.5 Å². The molecule has 4 aromatic rings. The minimum Gasteiger partial charge on any atom is -0.871 e. The first-order chi connectivity index (χ1) is 16.4. The number of nitrogens with zero attached hydrogens (tertiary/aromatic N) is 2. The van der Waals surface area contributed by atoms with Crippen LogP contribution >= 0.6 is 0 Å². The first-order valence-corrected chi connectivity index (χ1v) is 12.8. The Balaban J connectivity index is 0.00000361. The number of benzene rings is 4. The van der Waals surface area contributed by atoms with Crippen molar-refractivity contribution in [3.05, 3.63) is 72.8 Å². The molecule has 180 valence electrons. The van der Waals surface area contributed by atoms with Crippen LogP contribution in [0.25, 0.3) is 10.8 Å². The number of phenols is 1. The normalized spacial score (nSPS) is 11.9. The fourth-order valence-corrected chi connectivity index (χ4v) is 4.33. The Morgan fingerprint density at radius 3 is 2.17 bits per heavy atom. The number of aromatic hydroxyl groups is 1. The average molecular weight is 537 g/mol. The number of primary sulfonamides is 1. The van der Waals surface area contributed by atoms with Gasteiger partial charge in [0.25, 0.3) is 10.1 Å². The predicted octanol–water partition coefficient (Wildman–Crippen LogP) is 0.676. The summed E-state index contributed by atoms with van der Waals surface area (Å²) < 4.78 is 56.3. The Kier molecular flexibility index (Phi) is 8.05. The number of hydrogen-bond acceptors (Lipinski definition) is 9. The molecule has 11 nitrogen and oxygen atoms in total. The summed E-state index contributed by atoms with van der Waals surface area (Å²) in [6.45, 7) is 0. The molecule has 0 aliphatic rings. The Labute approximate surface area is 228 Å². The summed E-state index contributed by atoms with van der Waals surface area (Å²) in [5, 5.41) is 39.1. The number of phenolic OH excluding ortho intramolecular Hbond substituents is 1. The van der Waals surface area contributed by atoms with Crippen LogP contribution in [0.15, 0.2) is 92.8 Å².